The fraction of sp³-hybridized carbons (Fsp3) is 0.278. The van der Waals surface area contributed by atoms with Crippen molar-refractivity contribution in [2.75, 3.05) is 13.1 Å². The molecule has 0 saturated carbocycles. The molecule has 3 rings (SSSR count). The van der Waals surface area contributed by atoms with Gasteiger partial charge in [-0.3, -0.25) is 4.79 Å². The highest BCUT2D eigenvalue weighted by atomic mass is 35.5. The predicted octanol–water partition coefficient (Wildman–Crippen LogP) is 2.33. The van der Waals surface area contributed by atoms with Gasteiger partial charge in [-0.15, -0.1) is 0 Å². The van der Waals surface area contributed by atoms with Crippen LogP contribution in [0.2, 0.25) is 5.02 Å². The Hall–Kier alpha value is -2.29. The molecule has 0 atom stereocenters. The molecule has 27 heavy (non-hydrogen) atoms. The highest BCUT2D eigenvalue weighted by molar-refractivity contribution is 7.89. The van der Waals surface area contributed by atoms with E-state index in [9.17, 15) is 23.4 Å². The fourth-order valence-electron chi connectivity index (χ4n) is 3.00. The average molecular weight is 411 g/mol. The molecule has 1 amide bonds. The van der Waals surface area contributed by atoms with E-state index in [1.165, 1.54) is 36.4 Å². The van der Waals surface area contributed by atoms with Gasteiger partial charge in [0.2, 0.25) is 10.0 Å². The van der Waals surface area contributed by atoms with Crippen LogP contribution in [-0.4, -0.2) is 48.6 Å². The molecule has 0 bridgehead atoms. The lowest BCUT2D eigenvalue weighted by atomic mass is 10.0. The molecule has 0 aliphatic carbocycles. The topological polar surface area (TPSA) is 107 Å². The van der Waals surface area contributed by atoms with Gasteiger partial charge in [-0.1, -0.05) is 11.6 Å². The number of carbonyl (C=O) groups is 1. The summed E-state index contributed by atoms with van der Waals surface area (Å²) < 4.78 is 27.5. The van der Waals surface area contributed by atoms with E-state index in [1.807, 2.05) is 0 Å². The van der Waals surface area contributed by atoms with Crippen molar-refractivity contribution < 1.29 is 23.4 Å². The maximum Gasteiger partial charge on any atom is 0.254 e. The SMILES string of the molecule is O=C(c1cc(O)cc(O)c1)N1CCC(NS(=O)(=O)c2ccc(Cl)cc2)CC1. The lowest BCUT2D eigenvalue weighted by Crippen LogP contribution is -2.46. The van der Waals surface area contributed by atoms with Gasteiger partial charge in [0.15, 0.2) is 0 Å². The third kappa shape index (κ3) is 4.71. The van der Waals surface area contributed by atoms with E-state index in [1.54, 1.807) is 4.90 Å². The van der Waals surface area contributed by atoms with E-state index < -0.39 is 10.0 Å². The van der Waals surface area contributed by atoms with Gasteiger partial charge in [-0.05, 0) is 49.2 Å². The van der Waals surface area contributed by atoms with Crippen LogP contribution in [0.3, 0.4) is 0 Å². The van der Waals surface area contributed by atoms with Crippen LogP contribution in [0.25, 0.3) is 0 Å². The number of phenolic OH excluding ortho intramolecular Hbond substituents is 2. The monoisotopic (exact) mass is 410 g/mol. The number of rotatable bonds is 4. The van der Waals surface area contributed by atoms with Crippen molar-refractivity contribution in [1.82, 2.24) is 9.62 Å². The molecule has 1 fully saturated rings. The maximum absolute atomic E-state index is 12.5. The summed E-state index contributed by atoms with van der Waals surface area (Å²) in [6, 6.07) is 9.36. The molecule has 7 nitrogen and oxygen atoms in total. The second-order valence-corrected chi connectivity index (χ2v) is 8.53. The van der Waals surface area contributed by atoms with Crippen LogP contribution in [0.1, 0.15) is 23.2 Å². The second kappa shape index (κ2) is 7.75. The Labute approximate surface area is 162 Å². The number of piperidine rings is 1. The summed E-state index contributed by atoms with van der Waals surface area (Å²) in [5.41, 5.74) is 0.188. The first kappa shape index (κ1) is 19.5. The molecule has 2 aromatic rings. The number of amides is 1. The molecule has 0 unspecified atom stereocenters. The molecule has 0 spiro atoms. The Morgan fingerprint density at radius 2 is 1.59 bits per heavy atom. The number of likely N-dealkylation sites (tertiary alicyclic amines) is 1. The molecular formula is C18H19ClN2O5S. The Kier molecular flexibility index (Phi) is 5.59. The molecule has 1 heterocycles. The smallest absolute Gasteiger partial charge is 0.254 e. The highest BCUT2D eigenvalue weighted by Gasteiger charge is 2.27. The Morgan fingerprint density at radius 1 is 1.04 bits per heavy atom. The summed E-state index contributed by atoms with van der Waals surface area (Å²) in [7, 11) is -3.66. The standard InChI is InChI=1S/C18H19ClN2O5S/c19-13-1-3-17(4-2-13)27(25,26)20-14-5-7-21(8-6-14)18(24)12-9-15(22)11-16(23)10-12/h1-4,9-11,14,20,22-23H,5-8H2. The molecule has 1 aliphatic rings. The van der Waals surface area contributed by atoms with E-state index in [2.05, 4.69) is 4.72 Å². The quantitative estimate of drug-likeness (QED) is 0.717. The van der Waals surface area contributed by atoms with Crippen molar-refractivity contribution >= 4 is 27.5 Å². The Morgan fingerprint density at radius 3 is 2.15 bits per heavy atom. The lowest BCUT2D eigenvalue weighted by molar-refractivity contribution is 0.0710. The number of aromatic hydroxyl groups is 2. The van der Waals surface area contributed by atoms with Gasteiger partial charge in [-0.2, -0.15) is 0 Å². The largest absolute Gasteiger partial charge is 0.508 e. The second-order valence-electron chi connectivity index (χ2n) is 6.38. The van der Waals surface area contributed by atoms with Gasteiger partial charge >= 0.3 is 0 Å². The third-order valence-corrected chi connectivity index (χ3v) is 6.17. The average Bonchev–Trinajstić information content (AvgIpc) is 2.61. The summed E-state index contributed by atoms with van der Waals surface area (Å²) in [4.78, 5) is 14.2. The Balaban J connectivity index is 1.61. The van der Waals surface area contributed by atoms with E-state index >= 15 is 0 Å². The van der Waals surface area contributed by atoms with Gasteiger partial charge in [0, 0.05) is 35.8 Å². The number of carbonyl (C=O) groups excluding carboxylic acids is 1. The van der Waals surface area contributed by atoms with Crippen molar-refractivity contribution in [3.05, 3.63) is 53.1 Å². The van der Waals surface area contributed by atoms with Gasteiger partial charge in [0.1, 0.15) is 11.5 Å². The molecule has 9 heteroatoms. The van der Waals surface area contributed by atoms with Crippen LogP contribution in [0.5, 0.6) is 11.5 Å². The van der Waals surface area contributed by atoms with E-state index in [-0.39, 0.29) is 33.9 Å². The number of halogens is 1. The summed E-state index contributed by atoms with van der Waals surface area (Å²) in [5.74, 6) is -0.701. The lowest BCUT2D eigenvalue weighted by Gasteiger charge is -2.32. The number of nitrogens with zero attached hydrogens (tertiary/aromatic N) is 1. The van der Waals surface area contributed by atoms with Crippen LogP contribution >= 0.6 is 11.6 Å². The van der Waals surface area contributed by atoms with Gasteiger partial charge in [0.05, 0.1) is 4.90 Å². The van der Waals surface area contributed by atoms with Crippen molar-refractivity contribution in [2.24, 2.45) is 0 Å². The third-order valence-electron chi connectivity index (χ3n) is 4.38. The van der Waals surface area contributed by atoms with E-state index in [4.69, 9.17) is 11.6 Å². The minimum absolute atomic E-state index is 0.139. The first-order chi connectivity index (χ1) is 12.7. The Bertz CT molecular complexity index is 918. The number of phenols is 2. The summed E-state index contributed by atoms with van der Waals surface area (Å²) in [6.07, 6.45) is 0.923. The van der Waals surface area contributed by atoms with Crippen LogP contribution in [0.15, 0.2) is 47.4 Å². The number of hydrogen-bond acceptors (Lipinski definition) is 5. The number of benzene rings is 2. The summed E-state index contributed by atoms with van der Waals surface area (Å²) >= 11 is 5.79. The van der Waals surface area contributed by atoms with Gasteiger partial charge < -0.3 is 15.1 Å². The fourth-order valence-corrected chi connectivity index (χ4v) is 4.43. The van der Waals surface area contributed by atoms with Gasteiger partial charge in [-0.25, -0.2) is 13.1 Å². The molecule has 1 aliphatic heterocycles. The number of nitrogens with one attached hydrogen (secondary N) is 1. The highest BCUT2D eigenvalue weighted by Crippen LogP contribution is 2.23. The molecule has 0 aromatic heterocycles. The van der Waals surface area contributed by atoms with Crippen LogP contribution in [0, 0.1) is 0 Å². The van der Waals surface area contributed by atoms with E-state index in [0.29, 0.717) is 31.0 Å². The van der Waals surface area contributed by atoms with Crippen molar-refractivity contribution in [3.63, 3.8) is 0 Å². The van der Waals surface area contributed by atoms with Crippen LogP contribution in [0.4, 0.5) is 0 Å². The molecule has 2 aromatic carbocycles. The molecular weight excluding hydrogens is 392 g/mol. The normalized spacial score (nSPS) is 15.7. The number of sulfonamides is 1. The summed E-state index contributed by atoms with van der Waals surface area (Å²) in [5, 5.41) is 19.5. The maximum atomic E-state index is 12.5. The van der Waals surface area contributed by atoms with Crippen molar-refractivity contribution in [3.8, 4) is 11.5 Å². The molecule has 0 radical (unpaired) electrons. The zero-order valence-corrected chi connectivity index (χ0v) is 15.9. The summed E-state index contributed by atoms with van der Waals surface area (Å²) in [6.45, 7) is 0.728. The van der Waals surface area contributed by atoms with E-state index in [0.717, 1.165) is 6.07 Å². The minimum Gasteiger partial charge on any atom is -0.508 e. The molecule has 3 N–H and O–H groups in total. The molecule has 1 saturated heterocycles. The van der Waals surface area contributed by atoms with Crippen LogP contribution < -0.4 is 4.72 Å². The predicted molar refractivity (Wildman–Crippen MR) is 100 cm³/mol. The number of hydrogen-bond donors (Lipinski definition) is 3. The zero-order chi connectivity index (χ0) is 19.6. The van der Waals surface area contributed by atoms with Gasteiger partial charge in [0.25, 0.3) is 5.91 Å². The first-order valence-electron chi connectivity index (χ1n) is 8.35. The zero-order valence-electron chi connectivity index (χ0n) is 14.3. The van der Waals surface area contributed by atoms with Crippen molar-refractivity contribution in [2.45, 2.75) is 23.8 Å². The molecule has 144 valence electrons. The van der Waals surface area contributed by atoms with Crippen LogP contribution in [-0.2, 0) is 10.0 Å². The minimum atomic E-state index is -3.66. The first-order valence-corrected chi connectivity index (χ1v) is 10.2. The van der Waals surface area contributed by atoms with Crippen molar-refractivity contribution in [1.29, 1.82) is 0 Å².